The quantitative estimate of drug-likeness (QED) is 0.405. The molecule has 0 aliphatic heterocycles. The highest BCUT2D eigenvalue weighted by molar-refractivity contribution is 7.19. The van der Waals surface area contributed by atoms with E-state index in [2.05, 4.69) is 109 Å². The van der Waals surface area contributed by atoms with Crippen LogP contribution in [0.2, 0.25) is 0 Å². The average molecular weight is 362 g/mol. The third-order valence-corrected chi connectivity index (χ3v) is 9.82. The fraction of sp³-hybridized carbons (Fsp3) is 0. The third-order valence-electron chi connectivity index (χ3n) is 5.05. The first-order valence-electron chi connectivity index (χ1n) is 9.03. The van der Waals surface area contributed by atoms with E-state index in [-0.39, 0.29) is 0 Å². The first kappa shape index (κ1) is 17.0. The van der Waals surface area contributed by atoms with Crippen LogP contribution < -0.4 is 20.7 Å². The van der Waals surface area contributed by atoms with Gasteiger partial charge < -0.3 is 0 Å². The Balaban J connectivity index is 2.15. The lowest BCUT2D eigenvalue weighted by molar-refractivity contribution is 1.49. The van der Waals surface area contributed by atoms with Gasteiger partial charge in [-0.25, -0.2) is 0 Å². The monoisotopic (exact) mass is 361 g/mol. The zero-order chi connectivity index (χ0) is 18.5. The van der Waals surface area contributed by atoms with Crippen molar-refractivity contribution in [3.8, 4) is 6.07 Å². The molecule has 0 saturated heterocycles. The molecule has 4 aromatic rings. The SMILES string of the molecule is N#Cc1cccc([Si](c2ccccc2)(c2ccccc2)c2ccccc2)c1. The van der Waals surface area contributed by atoms with Crippen LogP contribution in [0.5, 0.6) is 0 Å². The Morgan fingerprint density at radius 3 is 1.30 bits per heavy atom. The highest BCUT2D eigenvalue weighted by Crippen LogP contribution is 2.10. The van der Waals surface area contributed by atoms with Gasteiger partial charge in [0.15, 0.2) is 8.07 Å². The first-order chi connectivity index (χ1) is 13.4. The standard InChI is InChI=1S/C25H19NSi/c26-20-21-11-10-18-25(19-21)27(22-12-4-1-5-13-22,23-14-6-2-7-15-23)24-16-8-3-9-17-24/h1-19H. The highest BCUT2D eigenvalue weighted by Gasteiger charge is 2.41. The van der Waals surface area contributed by atoms with Gasteiger partial charge in [-0.15, -0.1) is 0 Å². The smallest absolute Gasteiger partial charge is 0.179 e. The minimum atomic E-state index is -2.50. The van der Waals surface area contributed by atoms with E-state index in [0.29, 0.717) is 5.56 Å². The number of nitriles is 1. The van der Waals surface area contributed by atoms with E-state index in [0.717, 1.165) is 0 Å². The summed E-state index contributed by atoms with van der Waals surface area (Å²) in [6.45, 7) is 0. The predicted octanol–water partition coefficient (Wildman–Crippen LogP) is 2.94. The van der Waals surface area contributed by atoms with Crippen molar-refractivity contribution in [2.75, 3.05) is 0 Å². The Bertz CT molecular complexity index is 971. The van der Waals surface area contributed by atoms with Gasteiger partial charge in [0.2, 0.25) is 0 Å². The largest absolute Gasteiger partial charge is 0.192 e. The van der Waals surface area contributed by atoms with Crippen LogP contribution in [-0.2, 0) is 0 Å². The second kappa shape index (κ2) is 7.45. The molecule has 0 saturated carbocycles. The predicted molar refractivity (Wildman–Crippen MR) is 115 cm³/mol. The zero-order valence-electron chi connectivity index (χ0n) is 14.9. The van der Waals surface area contributed by atoms with E-state index in [1.54, 1.807) is 0 Å². The van der Waals surface area contributed by atoms with Crippen molar-refractivity contribution in [3.63, 3.8) is 0 Å². The second-order valence-electron chi connectivity index (χ2n) is 6.54. The average Bonchev–Trinajstić information content (AvgIpc) is 2.77. The van der Waals surface area contributed by atoms with Crippen molar-refractivity contribution >= 4 is 28.8 Å². The van der Waals surface area contributed by atoms with E-state index in [4.69, 9.17) is 0 Å². The summed E-state index contributed by atoms with van der Waals surface area (Å²) in [6.07, 6.45) is 0. The van der Waals surface area contributed by atoms with Crippen LogP contribution in [0.3, 0.4) is 0 Å². The molecule has 0 spiro atoms. The highest BCUT2D eigenvalue weighted by atomic mass is 28.3. The van der Waals surface area contributed by atoms with Crippen molar-refractivity contribution in [2.45, 2.75) is 0 Å². The summed E-state index contributed by atoms with van der Waals surface area (Å²) in [5.74, 6) is 0. The molecule has 0 N–H and O–H groups in total. The number of benzene rings is 4. The van der Waals surface area contributed by atoms with Gasteiger partial charge in [0, 0.05) is 0 Å². The lowest BCUT2D eigenvalue weighted by atomic mass is 10.2. The van der Waals surface area contributed by atoms with Crippen molar-refractivity contribution in [2.24, 2.45) is 0 Å². The van der Waals surface area contributed by atoms with E-state index >= 15 is 0 Å². The molecule has 4 rings (SSSR count). The lowest BCUT2D eigenvalue weighted by Gasteiger charge is -2.34. The van der Waals surface area contributed by atoms with E-state index in [9.17, 15) is 5.26 Å². The molecule has 0 aliphatic rings. The van der Waals surface area contributed by atoms with E-state index in [1.165, 1.54) is 20.7 Å². The molecule has 0 bridgehead atoms. The number of hydrogen-bond acceptors (Lipinski definition) is 1. The topological polar surface area (TPSA) is 23.8 Å². The number of hydrogen-bond donors (Lipinski definition) is 0. The molecule has 0 aliphatic carbocycles. The van der Waals surface area contributed by atoms with Crippen molar-refractivity contribution in [1.29, 1.82) is 5.26 Å². The minimum Gasteiger partial charge on any atom is -0.192 e. The van der Waals surface area contributed by atoms with Crippen LogP contribution in [0.15, 0.2) is 115 Å². The van der Waals surface area contributed by atoms with Gasteiger partial charge in [0.05, 0.1) is 11.6 Å². The maximum atomic E-state index is 9.50. The van der Waals surface area contributed by atoms with Crippen molar-refractivity contribution in [3.05, 3.63) is 121 Å². The molecular formula is C25H19NSi. The van der Waals surface area contributed by atoms with Gasteiger partial charge in [-0.1, -0.05) is 103 Å². The summed E-state index contributed by atoms with van der Waals surface area (Å²) in [6, 6.07) is 42.6. The van der Waals surface area contributed by atoms with Gasteiger partial charge in [-0.3, -0.25) is 0 Å². The van der Waals surface area contributed by atoms with E-state index < -0.39 is 8.07 Å². The van der Waals surface area contributed by atoms with Crippen LogP contribution in [0.4, 0.5) is 0 Å². The Morgan fingerprint density at radius 2 is 0.889 bits per heavy atom. The van der Waals surface area contributed by atoms with Crippen LogP contribution in [0.25, 0.3) is 0 Å². The first-order valence-corrected chi connectivity index (χ1v) is 11.0. The Labute approximate surface area is 161 Å². The van der Waals surface area contributed by atoms with Gasteiger partial charge in [-0.2, -0.15) is 5.26 Å². The molecule has 27 heavy (non-hydrogen) atoms. The third kappa shape index (κ3) is 2.99. The Hall–Kier alpha value is -3.41. The fourth-order valence-electron chi connectivity index (χ4n) is 3.89. The normalized spacial score (nSPS) is 10.9. The summed E-state index contributed by atoms with van der Waals surface area (Å²) in [5, 5.41) is 14.7. The molecule has 0 atom stereocenters. The number of rotatable bonds is 4. The molecule has 1 nitrogen and oxygen atoms in total. The van der Waals surface area contributed by atoms with Crippen LogP contribution in [0.1, 0.15) is 5.56 Å². The summed E-state index contributed by atoms with van der Waals surface area (Å²) in [4.78, 5) is 0. The zero-order valence-corrected chi connectivity index (χ0v) is 15.9. The molecule has 0 amide bonds. The molecule has 4 aromatic carbocycles. The molecule has 128 valence electrons. The Morgan fingerprint density at radius 1 is 0.481 bits per heavy atom. The second-order valence-corrected chi connectivity index (χ2v) is 10.4. The molecule has 0 fully saturated rings. The maximum Gasteiger partial charge on any atom is 0.179 e. The maximum absolute atomic E-state index is 9.50. The van der Waals surface area contributed by atoms with Crippen molar-refractivity contribution in [1.82, 2.24) is 0 Å². The summed E-state index contributed by atoms with van der Waals surface area (Å²) < 4.78 is 0. The van der Waals surface area contributed by atoms with Crippen molar-refractivity contribution < 1.29 is 0 Å². The summed E-state index contributed by atoms with van der Waals surface area (Å²) >= 11 is 0. The molecule has 0 unspecified atom stereocenters. The van der Waals surface area contributed by atoms with Gasteiger partial charge in [0.1, 0.15) is 0 Å². The van der Waals surface area contributed by atoms with Gasteiger partial charge >= 0.3 is 0 Å². The van der Waals surface area contributed by atoms with Crippen LogP contribution in [0, 0.1) is 11.3 Å². The molecule has 0 heterocycles. The summed E-state index contributed by atoms with van der Waals surface area (Å²) in [5.41, 5.74) is 0.701. The number of nitrogens with zero attached hydrogens (tertiary/aromatic N) is 1. The van der Waals surface area contributed by atoms with Gasteiger partial charge in [0.25, 0.3) is 0 Å². The lowest BCUT2D eigenvalue weighted by Crippen LogP contribution is -2.74. The van der Waals surface area contributed by atoms with Crippen LogP contribution in [-0.4, -0.2) is 8.07 Å². The van der Waals surface area contributed by atoms with Crippen LogP contribution >= 0.6 is 0 Å². The molecular weight excluding hydrogens is 342 g/mol. The molecule has 2 heteroatoms. The Kier molecular flexibility index (Phi) is 4.70. The summed E-state index contributed by atoms with van der Waals surface area (Å²) in [7, 11) is -2.50. The molecule has 0 radical (unpaired) electrons. The minimum absolute atomic E-state index is 0.701. The van der Waals surface area contributed by atoms with E-state index in [1.807, 2.05) is 12.1 Å². The molecule has 0 aromatic heterocycles. The van der Waals surface area contributed by atoms with Gasteiger partial charge in [-0.05, 0) is 32.9 Å². The fourth-order valence-corrected chi connectivity index (χ4v) is 8.68.